The van der Waals surface area contributed by atoms with Gasteiger partial charge < -0.3 is 4.74 Å². The molecule has 2 aromatic rings. The van der Waals surface area contributed by atoms with E-state index in [0.717, 1.165) is 35.5 Å². The first-order valence-corrected chi connectivity index (χ1v) is 10.6. The highest BCUT2D eigenvalue weighted by atomic mass is 35.5. The second-order valence-electron chi connectivity index (χ2n) is 6.38. The Bertz CT molecular complexity index is 994. The van der Waals surface area contributed by atoms with Crippen molar-refractivity contribution < 1.29 is 31.2 Å². The van der Waals surface area contributed by atoms with E-state index in [1.165, 1.54) is 4.31 Å². The van der Waals surface area contributed by atoms with Gasteiger partial charge in [-0.15, -0.1) is 13.2 Å². The maximum absolute atomic E-state index is 12.7. The number of ether oxygens (including phenoxy) is 1. The molecule has 1 heterocycles. The van der Waals surface area contributed by atoms with Crippen LogP contribution in [0.5, 0.6) is 5.75 Å². The van der Waals surface area contributed by atoms with E-state index < -0.39 is 22.1 Å². The molecule has 0 spiro atoms. The van der Waals surface area contributed by atoms with E-state index in [4.69, 9.17) is 16.4 Å². The molecule has 0 radical (unpaired) electrons. The van der Waals surface area contributed by atoms with Crippen LogP contribution in [-0.4, -0.2) is 32.2 Å². The number of nitrogens with zero attached hydrogens (tertiary/aromatic N) is 1. The van der Waals surface area contributed by atoms with E-state index >= 15 is 0 Å². The molecular weight excluding hydrogens is 445 g/mol. The highest BCUT2D eigenvalue weighted by Gasteiger charge is 2.31. The molecule has 0 unspecified atom stereocenters. The molecule has 6 nitrogen and oxygen atoms in total. The van der Waals surface area contributed by atoms with Crippen LogP contribution < -0.4 is 10.2 Å². The summed E-state index contributed by atoms with van der Waals surface area (Å²) in [6.07, 6.45) is -2.75. The molecule has 162 valence electrons. The standard InChI is InChI=1S/C19H18ClF3N2O4S/c20-15-3-1-14(2-4-15)13-28-24-16-9-11-25(12-10-16)30(26,27)18-7-5-17(6-8-18)29-19(21,22)23/h1-9,24H,10-13H2. The van der Waals surface area contributed by atoms with Crippen molar-refractivity contribution >= 4 is 21.6 Å². The van der Waals surface area contributed by atoms with E-state index in [1.807, 2.05) is 12.1 Å². The summed E-state index contributed by atoms with van der Waals surface area (Å²) in [5.41, 5.74) is 4.47. The van der Waals surface area contributed by atoms with Crippen molar-refractivity contribution in [3.63, 3.8) is 0 Å². The van der Waals surface area contributed by atoms with Gasteiger partial charge in [-0.1, -0.05) is 23.7 Å². The smallest absolute Gasteiger partial charge is 0.406 e. The minimum atomic E-state index is -4.84. The number of alkyl halides is 3. The molecule has 0 atom stereocenters. The van der Waals surface area contributed by atoms with Gasteiger partial charge >= 0.3 is 6.36 Å². The summed E-state index contributed by atoms with van der Waals surface area (Å²) in [7, 11) is -3.84. The van der Waals surface area contributed by atoms with Gasteiger partial charge in [0.1, 0.15) is 5.75 Å². The molecule has 0 fully saturated rings. The van der Waals surface area contributed by atoms with Crippen LogP contribution in [0.2, 0.25) is 5.02 Å². The van der Waals surface area contributed by atoms with Crippen molar-refractivity contribution in [2.24, 2.45) is 0 Å². The van der Waals surface area contributed by atoms with Crippen LogP contribution in [0.3, 0.4) is 0 Å². The monoisotopic (exact) mass is 462 g/mol. The largest absolute Gasteiger partial charge is 0.573 e. The number of sulfonamides is 1. The third kappa shape index (κ3) is 6.11. The van der Waals surface area contributed by atoms with Gasteiger partial charge in [-0.2, -0.15) is 4.31 Å². The topological polar surface area (TPSA) is 67.9 Å². The molecule has 2 aromatic carbocycles. The number of halogens is 4. The lowest BCUT2D eigenvalue weighted by Gasteiger charge is -2.26. The van der Waals surface area contributed by atoms with Crippen molar-refractivity contribution in [2.45, 2.75) is 24.3 Å². The summed E-state index contributed by atoms with van der Waals surface area (Å²) >= 11 is 5.82. The number of benzene rings is 2. The Morgan fingerprint density at radius 3 is 2.30 bits per heavy atom. The van der Waals surface area contributed by atoms with Crippen LogP contribution in [-0.2, 0) is 21.5 Å². The number of nitrogens with one attached hydrogen (secondary N) is 1. The Labute approximate surface area is 176 Å². The van der Waals surface area contributed by atoms with Crippen molar-refractivity contribution in [3.8, 4) is 5.75 Å². The van der Waals surface area contributed by atoms with Gasteiger partial charge in [0.25, 0.3) is 0 Å². The van der Waals surface area contributed by atoms with E-state index in [0.29, 0.717) is 18.1 Å². The van der Waals surface area contributed by atoms with Crippen molar-refractivity contribution in [3.05, 3.63) is 70.9 Å². The van der Waals surface area contributed by atoms with Crippen LogP contribution in [0.25, 0.3) is 0 Å². The van der Waals surface area contributed by atoms with Crippen LogP contribution in [0.4, 0.5) is 13.2 Å². The van der Waals surface area contributed by atoms with Crippen LogP contribution >= 0.6 is 11.6 Å². The first-order chi connectivity index (χ1) is 14.1. The van der Waals surface area contributed by atoms with E-state index in [-0.39, 0.29) is 18.0 Å². The van der Waals surface area contributed by atoms with Crippen LogP contribution in [0.15, 0.2) is 65.2 Å². The molecule has 1 aliphatic rings. The lowest BCUT2D eigenvalue weighted by atomic mass is 10.2. The number of rotatable bonds is 7. The second kappa shape index (κ2) is 9.25. The zero-order valence-corrected chi connectivity index (χ0v) is 17.1. The van der Waals surface area contributed by atoms with E-state index in [2.05, 4.69) is 10.2 Å². The molecule has 1 aliphatic heterocycles. The maximum atomic E-state index is 12.7. The molecule has 1 N–H and O–H groups in total. The summed E-state index contributed by atoms with van der Waals surface area (Å²) in [6.45, 7) is 0.616. The van der Waals surface area contributed by atoms with Crippen molar-refractivity contribution in [2.75, 3.05) is 13.1 Å². The summed E-state index contributed by atoms with van der Waals surface area (Å²) < 4.78 is 67.0. The number of hydroxylamine groups is 1. The van der Waals surface area contributed by atoms with E-state index in [9.17, 15) is 21.6 Å². The normalized spacial score (nSPS) is 15.5. The average Bonchev–Trinajstić information content (AvgIpc) is 2.69. The van der Waals surface area contributed by atoms with Gasteiger partial charge in [0.15, 0.2) is 0 Å². The third-order valence-electron chi connectivity index (χ3n) is 4.22. The predicted octanol–water partition coefficient (Wildman–Crippen LogP) is 4.24. The third-order valence-corrected chi connectivity index (χ3v) is 6.35. The fourth-order valence-corrected chi connectivity index (χ4v) is 4.22. The zero-order chi connectivity index (χ0) is 21.8. The zero-order valence-electron chi connectivity index (χ0n) is 15.5. The first kappa shape index (κ1) is 22.4. The Morgan fingerprint density at radius 2 is 1.73 bits per heavy atom. The Hall–Kier alpha value is -2.27. The molecule has 3 rings (SSSR count). The predicted molar refractivity (Wildman–Crippen MR) is 104 cm³/mol. The summed E-state index contributed by atoms with van der Waals surface area (Å²) in [5.74, 6) is -0.482. The minimum Gasteiger partial charge on any atom is -0.406 e. The summed E-state index contributed by atoms with van der Waals surface area (Å²) in [4.78, 5) is 5.31. The molecule has 0 saturated heterocycles. The fourth-order valence-electron chi connectivity index (χ4n) is 2.72. The molecule has 11 heteroatoms. The molecule has 30 heavy (non-hydrogen) atoms. The lowest BCUT2D eigenvalue weighted by Crippen LogP contribution is -2.36. The number of hydrogen-bond acceptors (Lipinski definition) is 5. The Morgan fingerprint density at radius 1 is 1.07 bits per heavy atom. The first-order valence-electron chi connectivity index (χ1n) is 8.81. The highest BCUT2D eigenvalue weighted by Crippen LogP contribution is 2.26. The Balaban J connectivity index is 1.54. The second-order valence-corrected chi connectivity index (χ2v) is 8.75. The molecule has 0 bridgehead atoms. The quantitative estimate of drug-likeness (QED) is 0.623. The van der Waals surface area contributed by atoms with Gasteiger partial charge in [0.05, 0.1) is 11.5 Å². The van der Waals surface area contributed by atoms with Gasteiger partial charge in [0, 0.05) is 30.2 Å². The van der Waals surface area contributed by atoms with Gasteiger partial charge in [-0.25, -0.2) is 8.42 Å². The molecular formula is C19H18ClF3N2O4S. The maximum Gasteiger partial charge on any atom is 0.573 e. The Kier molecular flexibility index (Phi) is 6.91. The molecule has 0 amide bonds. The van der Waals surface area contributed by atoms with Gasteiger partial charge in [-0.05, 0) is 48.0 Å². The van der Waals surface area contributed by atoms with Crippen LogP contribution in [0, 0.1) is 0 Å². The highest BCUT2D eigenvalue weighted by molar-refractivity contribution is 7.89. The molecule has 0 aromatic heterocycles. The summed E-state index contributed by atoms with van der Waals surface area (Å²) in [6, 6.07) is 11.3. The van der Waals surface area contributed by atoms with Gasteiger partial charge in [-0.3, -0.25) is 10.3 Å². The van der Waals surface area contributed by atoms with Gasteiger partial charge in [0.2, 0.25) is 10.0 Å². The molecule has 0 aliphatic carbocycles. The van der Waals surface area contributed by atoms with Crippen molar-refractivity contribution in [1.82, 2.24) is 9.79 Å². The number of hydrogen-bond donors (Lipinski definition) is 1. The minimum absolute atomic E-state index is 0.107. The lowest BCUT2D eigenvalue weighted by molar-refractivity contribution is -0.274. The van der Waals surface area contributed by atoms with E-state index in [1.54, 1.807) is 18.2 Å². The van der Waals surface area contributed by atoms with Crippen LogP contribution in [0.1, 0.15) is 12.0 Å². The summed E-state index contributed by atoms with van der Waals surface area (Å²) in [5, 5.41) is 0.630. The molecule has 0 saturated carbocycles. The van der Waals surface area contributed by atoms with Crippen molar-refractivity contribution in [1.29, 1.82) is 0 Å². The fraction of sp³-hybridized carbons (Fsp3) is 0.263. The average molecular weight is 463 g/mol. The SMILES string of the molecule is O=S(=O)(c1ccc(OC(F)(F)F)cc1)N1CC=C(NOCc2ccc(Cl)cc2)CC1.